The fourth-order valence-corrected chi connectivity index (χ4v) is 3.83. The lowest BCUT2D eigenvalue weighted by molar-refractivity contribution is -0.150. The average Bonchev–Trinajstić information content (AvgIpc) is 2.90. The first-order valence-corrected chi connectivity index (χ1v) is 9.58. The zero-order valence-corrected chi connectivity index (χ0v) is 16.4. The highest BCUT2D eigenvalue weighted by Crippen LogP contribution is 2.38. The van der Waals surface area contributed by atoms with Crippen LogP contribution in [0.3, 0.4) is 0 Å². The molecule has 0 aromatic heterocycles. The van der Waals surface area contributed by atoms with Crippen molar-refractivity contribution in [2.24, 2.45) is 5.92 Å². The molecule has 1 heterocycles. The summed E-state index contributed by atoms with van der Waals surface area (Å²) in [4.78, 5) is 49.8. The highest BCUT2D eigenvalue weighted by molar-refractivity contribution is 6.09. The topological polar surface area (TPSA) is 105 Å². The van der Waals surface area contributed by atoms with Gasteiger partial charge in [-0.3, -0.25) is 19.3 Å². The quantitative estimate of drug-likeness (QED) is 0.577. The Morgan fingerprint density at radius 1 is 1.34 bits per heavy atom. The van der Waals surface area contributed by atoms with Gasteiger partial charge >= 0.3 is 12.0 Å². The maximum atomic E-state index is 13.5. The van der Waals surface area contributed by atoms with Gasteiger partial charge in [-0.15, -0.1) is 0 Å². The molecule has 3 rings (SSSR count). The number of imide groups is 1. The van der Waals surface area contributed by atoms with Crippen LogP contribution in [0.2, 0.25) is 0 Å². The first-order valence-electron chi connectivity index (χ1n) is 9.58. The maximum Gasteiger partial charge on any atom is 0.326 e. The zero-order valence-electron chi connectivity index (χ0n) is 16.4. The van der Waals surface area contributed by atoms with Crippen LogP contribution in [0.5, 0.6) is 0 Å². The summed E-state index contributed by atoms with van der Waals surface area (Å²) >= 11 is 0. The number of nitrogens with one attached hydrogen (secondary N) is 2. The van der Waals surface area contributed by atoms with Gasteiger partial charge in [-0.1, -0.05) is 25.8 Å². The van der Waals surface area contributed by atoms with Crippen molar-refractivity contribution in [2.45, 2.75) is 45.1 Å². The van der Waals surface area contributed by atoms with Gasteiger partial charge in [0.05, 0.1) is 0 Å². The van der Waals surface area contributed by atoms with E-state index in [9.17, 15) is 23.6 Å². The third kappa shape index (κ3) is 4.23. The van der Waals surface area contributed by atoms with Crippen LogP contribution >= 0.6 is 0 Å². The Morgan fingerprint density at radius 2 is 2.10 bits per heavy atom. The van der Waals surface area contributed by atoms with Gasteiger partial charge < -0.3 is 15.4 Å². The number of benzene rings is 1. The average molecular weight is 405 g/mol. The van der Waals surface area contributed by atoms with E-state index < -0.39 is 48.3 Å². The summed E-state index contributed by atoms with van der Waals surface area (Å²) in [6.45, 7) is 2.33. The molecular formula is C20H24FN3O5. The van der Waals surface area contributed by atoms with Gasteiger partial charge in [0.1, 0.15) is 17.9 Å². The fourth-order valence-electron chi connectivity index (χ4n) is 3.83. The first kappa shape index (κ1) is 20.8. The summed E-state index contributed by atoms with van der Waals surface area (Å²) in [5.41, 5.74) is -0.285. The largest absolute Gasteiger partial charge is 0.454 e. The van der Waals surface area contributed by atoms with E-state index in [1.807, 2.05) is 6.92 Å². The molecule has 0 unspecified atom stereocenters. The van der Waals surface area contributed by atoms with E-state index in [2.05, 4.69) is 10.6 Å². The number of anilines is 1. The molecule has 1 aliphatic carbocycles. The Bertz CT molecular complexity index is 859. The van der Waals surface area contributed by atoms with Crippen molar-refractivity contribution in [1.82, 2.24) is 10.2 Å². The van der Waals surface area contributed by atoms with Crippen LogP contribution in [-0.4, -0.2) is 47.4 Å². The second-order valence-electron chi connectivity index (χ2n) is 7.61. The smallest absolute Gasteiger partial charge is 0.326 e. The van der Waals surface area contributed by atoms with Crippen LogP contribution in [0.4, 0.5) is 14.9 Å². The molecule has 2 aliphatic rings. The number of urea groups is 1. The molecule has 1 saturated carbocycles. The normalized spacial score (nSPS) is 23.8. The summed E-state index contributed by atoms with van der Waals surface area (Å²) in [6, 6.07) is 3.57. The van der Waals surface area contributed by atoms with Crippen LogP contribution in [0.25, 0.3) is 0 Å². The molecule has 4 amide bonds. The van der Waals surface area contributed by atoms with E-state index in [1.54, 1.807) is 6.92 Å². The lowest BCUT2D eigenvalue weighted by Gasteiger charge is -2.36. The Morgan fingerprint density at radius 3 is 2.79 bits per heavy atom. The highest BCUT2D eigenvalue weighted by Gasteiger charge is 2.55. The van der Waals surface area contributed by atoms with Crippen LogP contribution < -0.4 is 10.6 Å². The third-order valence-corrected chi connectivity index (χ3v) is 5.61. The van der Waals surface area contributed by atoms with Crippen molar-refractivity contribution >= 4 is 29.5 Å². The minimum absolute atomic E-state index is 0.0191. The molecule has 0 bridgehead atoms. The van der Waals surface area contributed by atoms with Crippen molar-refractivity contribution in [1.29, 1.82) is 0 Å². The van der Waals surface area contributed by atoms with Crippen LogP contribution in [0.1, 0.15) is 38.2 Å². The van der Waals surface area contributed by atoms with Gasteiger partial charge in [0.25, 0.3) is 11.8 Å². The number of carbonyl (C=O) groups excluding carboxylic acids is 4. The Kier molecular flexibility index (Phi) is 5.86. The highest BCUT2D eigenvalue weighted by atomic mass is 19.1. The molecule has 29 heavy (non-hydrogen) atoms. The van der Waals surface area contributed by atoms with E-state index >= 15 is 0 Å². The molecule has 2 atom stereocenters. The summed E-state index contributed by atoms with van der Waals surface area (Å²) in [5.74, 6) is -2.44. The Hall–Kier alpha value is -2.97. The number of aryl methyl sites for hydroxylation is 1. The first-order chi connectivity index (χ1) is 13.7. The SMILES string of the molecule is Cc1ccc(NC(=O)COC(=O)CN2C(=O)N[C@]3(CCCC[C@@H]3C)C2=O)cc1F. The molecule has 1 aromatic carbocycles. The van der Waals surface area contributed by atoms with Crippen molar-refractivity contribution < 1.29 is 28.3 Å². The number of hydrogen-bond donors (Lipinski definition) is 2. The van der Waals surface area contributed by atoms with Gasteiger partial charge in [-0.25, -0.2) is 9.18 Å². The Balaban J connectivity index is 1.52. The van der Waals surface area contributed by atoms with Crippen LogP contribution in [-0.2, 0) is 19.1 Å². The summed E-state index contributed by atoms with van der Waals surface area (Å²) in [5, 5.41) is 5.16. The van der Waals surface area contributed by atoms with Gasteiger partial charge in [0.2, 0.25) is 0 Å². The van der Waals surface area contributed by atoms with Gasteiger partial charge in [-0.2, -0.15) is 0 Å². The fraction of sp³-hybridized carbons (Fsp3) is 0.500. The molecule has 1 aliphatic heterocycles. The third-order valence-electron chi connectivity index (χ3n) is 5.61. The number of nitrogens with zero attached hydrogens (tertiary/aromatic N) is 1. The Labute approximate surface area is 167 Å². The number of carbonyl (C=O) groups is 4. The number of amides is 4. The minimum atomic E-state index is -0.956. The molecule has 156 valence electrons. The van der Waals surface area contributed by atoms with Gasteiger partial charge in [-0.05, 0) is 43.4 Å². The van der Waals surface area contributed by atoms with E-state index in [-0.39, 0.29) is 11.6 Å². The molecule has 2 fully saturated rings. The van der Waals surface area contributed by atoms with Crippen molar-refractivity contribution in [2.75, 3.05) is 18.5 Å². The van der Waals surface area contributed by atoms with Crippen molar-refractivity contribution in [3.8, 4) is 0 Å². The lowest BCUT2D eigenvalue weighted by atomic mass is 9.73. The van der Waals surface area contributed by atoms with Gasteiger partial charge in [0.15, 0.2) is 6.61 Å². The maximum absolute atomic E-state index is 13.5. The van der Waals surface area contributed by atoms with E-state index in [1.165, 1.54) is 12.1 Å². The number of ether oxygens (including phenoxy) is 1. The predicted molar refractivity (Wildman–Crippen MR) is 101 cm³/mol. The lowest BCUT2D eigenvalue weighted by Crippen LogP contribution is -2.54. The van der Waals surface area contributed by atoms with Crippen LogP contribution in [0.15, 0.2) is 18.2 Å². The standard InChI is InChI=1S/C20H24FN3O5/c1-12-6-7-14(9-15(12)21)22-16(25)11-29-17(26)10-24-18(27)20(23-19(24)28)8-4-3-5-13(20)2/h6-7,9,13H,3-5,8,10-11H2,1-2H3,(H,22,25)(H,23,28)/t13-,20-/m0/s1. The number of esters is 1. The molecule has 1 saturated heterocycles. The minimum Gasteiger partial charge on any atom is -0.454 e. The number of rotatable bonds is 5. The number of halogens is 1. The molecule has 9 heteroatoms. The molecular weight excluding hydrogens is 381 g/mol. The molecule has 1 aromatic rings. The zero-order chi connectivity index (χ0) is 21.2. The summed E-state index contributed by atoms with van der Waals surface area (Å²) in [6.07, 6.45) is 3.19. The van der Waals surface area contributed by atoms with E-state index in [0.717, 1.165) is 30.2 Å². The van der Waals surface area contributed by atoms with Crippen LogP contribution in [0, 0.1) is 18.7 Å². The monoisotopic (exact) mass is 405 g/mol. The van der Waals surface area contributed by atoms with E-state index in [4.69, 9.17) is 4.74 Å². The molecule has 2 N–H and O–H groups in total. The van der Waals surface area contributed by atoms with E-state index in [0.29, 0.717) is 12.0 Å². The summed E-state index contributed by atoms with van der Waals surface area (Å²) < 4.78 is 18.4. The number of hydrogen-bond acceptors (Lipinski definition) is 5. The van der Waals surface area contributed by atoms with Gasteiger partial charge in [0, 0.05) is 5.69 Å². The second-order valence-corrected chi connectivity index (χ2v) is 7.61. The predicted octanol–water partition coefficient (Wildman–Crippen LogP) is 2.12. The summed E-state index contributed by atoms with van der Waals surface area (Å²) in [7, 11) is 0. The molecule has 0 radical (unpaired) electrons. The molecule has 1 spiro atoms. The molecule has 8 nitrogen and oxygen atoms in total. The van der Waals surface area contributed by atoms with Crippen molar-refractivity contribution in [3.63, 3.8) is 0 Å². The van der Waals surface area contributed by atoms with Crippen molar-refractivity contribution in [3.05, 3.63) is 29.6 Å². The second kappa shape index (κ2) is 8.18.